The standard InChI is InChI=1S/C17H14F3N5/c18-17(19,20)13-8-4-5-9-14(13)23-16-24-15(11-22-25-16)21-10-12-6-2-1-3-7-12/h1-9,11H,10H2,(H2,21,23,24,25). The summed E-state index contributed by atoms with van der Waals surface area (Å²) >= 11 is 0. The molecule has 128 valence electrons. The molecule has 0 radical (unpaired) electrons. The number of anilines is 3. The first-order chi connectivity index (χ1) is 12.0. The minimum absolute atomic E-state index is 0.0187. The van der Waals surface area contributed by atoms with Gasteiger partial charge in [0.05, 0.1) is 17.4 Å². The molecule has 8 heteroatoms. The second-order valence-corrected chi connectivity index (χ2v) is 5.17. The number of hydrogen-bond donors (Lipinski definition) is 2. The highest BCUT2D eigenvalue weighted by Crippen LogP contribution is 2.35. The number of hydrogen-bond acceptors (Lipinski definition) is 5. The van der Waals surface area contributed by atoms with Crippen molar-refractivity contribution in [1.29, 1.82) is 0 Å². The number of aromatic nitrogens is 3. The lowest BCUT2D eigenvalue weighted by atomic mass is 10.1. The minimum atomic E-state index is -4.47. The van der Waals surface area contributed by atoms with Crippen molar-refractivity contribution >= 4 is 17.5 Å². The van der Waals surface area contributed by atoms with Crippen LogP contribution >= 0.6 is 0 Å². The lowest BCUT2D eigenvalue weighted by Crippen LogP contribution is -2.10. The quantitative estimate of drug-likeness (QED) is 0.724. The van der Waals surface area contributed by atoms with Crippen molar-refractivity contribution in [3.8, 4) is 0 Å². The molecule has 0 aliphatic rings. The summed E-state index contributed by atoms with van der Waals surface area (Å²) < 4.78 is 39.1. The van der Waals surface area contributed by atoms with E-state index in [1.54, 1.807) is 0 Å². The second-order valence-electron chi connectivity index (χ2n) is 5.17. The van der Waals surface area contributed by atoms with Crippen LogP contribution in [0.15, 0.2) is 60.8 Å². The zero-order valence-electron chi connectivity index (χ0n) is 13.0. The number of halogens is 3. The third kappa shape index (κ3) is 4.43. The molecule has 5 nitrogen and oxygen atoms in total. The van der Waals surface area contributed by atoms with Gasteiger partial charge in [-0.1, -0.05) is 42.5 Å². The zero-order chi connectivity index (χ0) is 17.7. The van der Waals surface area contributed by atoms with Gasteiger partial charge in [0.15, 0.2) is 5.82 Å². The fourth-order valence-corrected chi connectivity index (χ4v) is 2.19. The molecule has 2 aromatic carbocycles. The predicted octanol–water partition coefficient (Wildman–Crippen LogP) is 4.25. The highest BCUT2D eigenvalue weighted by atomic mass is 19.4. The van der Waals surface area contributed by atoms with Crippen molar-refractivity contribution in [3.05, 3.63) is 71.9 Å². The van der Waals surface area contributed by atoms with E-state index in [1.165, 1.54) is 24.4 Å². The molecule has 3 aromatic rings. The summed E-state index contributed by atoms with van der Waals surface area (Å²) in [7, 11) is 0. The molecule has 1 aromatic heterocycles. The number of benzene rings is 2. The maximum absolute atomic E-state index is 13.0. The molecule has 0 bridgehead atoms. The maximum Gasteiger partial charge on any atom is 0.418 e. The van der Waals surface area contributed by atoms with Crippen molar-refractivity contribution < 1.29 is 13.2 Å². The lowest BCUT2D eigenvalue weighted by molar-refractivity contribution is -0.136. The van der Waals surface area contributed by atoms with Crippen LogP contribution in [0.4, 0.5) is 30.6 Å². The molecule has 0 atom stereocenters. The Hall–Kier alpha value is -3.16. The van der Waals surface area contributed by atoms with Crippen LogP contribution in [0.1, 0.15) is 11.1 Å². The van der Waals surface area contributed by atoms with Crippen LogP contribution in [-0.4, -0.2) is 15.2 Å². The summed E-state index contributed by atoms with van der Waals surface area (Å²) in [5, 5.41) is 13.1. The van der Waals surface area contributed by atoms with Gasteiger partial charge in [-0.05, 0) is 17.7 Å². The van der Waals surface area contributed by atoms with Crippen LogP contribution in [-0.2, 0) is 12.7 Å². The number of nitrogens with one attached hydrogen (secondary N) is 2. The Bertz CT molecular complexity index is 837. The van der Waals surface area contributed by atoms with Crippen LogP contribution in [0.25, 0.3) is 0 Å². The van der Waals surface area contributed by atoms with Gasteiger partial charge >= 0.3 is 6.18 Å². The van der Waals surface area contributed by atoms with Crippen molar-refractivity contribution in [2.24, 2.45) is 0 Å². The van der Waals surface area contributed by atoms with Gasteiger partial charge < -0.3 is 10.6 Å². The third-order valence-corrected chi connectivity index (χ3v) is 3.35. The first kappa shape index (κ1) is 16.7. The molecule has 0 spiro atoms. The van der Waals surface area contributed by atoms with Crippen LogP contribution in [0.2, 0.25) is 0 Å². The largest absolute Gasteiger partial charge is 0.418 e. The van der Waals surface area contributed by atoms with E-state index in [9.17, 15) is 13.2 Å². The van der Waals surface area contributed by atoms with Gasteiger partial charge in [0.25, 0.3) is 0 Å². The summed E-state index contributed by atoms with van der Waals surface area (Å²) in [6, 6.07) is 14.8. The topological polar surface area (TPSA) is 62.7 Å². The molecule has 0 fully saturated rings. The first-order valence-electron chi connectivity index (χ1n) is 7.43. The zero-order valence-corrected chi connectivity index (χ0v) is 13.0. The molecule has 0 aliphatic carbocycles. The lowest BCUT2D eigenvalue weighted by Gasteiger charge is -2.13. The number of alkyl halides is 3. The summed E-state index contributed by atoms with van der Waals surface area (Å²) in [4.78, 5) is 4.14. The number of para-hydroxylation sites is 1. The summed E-state index contributed by atoms with van der Waals surface area (Å²) in [6.45, 7) is 0.512. The fraction of sp³-hybridized carbons (Fsp3) is 0.118. The first-order valence-corrected chi connectivity index (χ1v) is 7.43. The number of nitrogens with zero attached hydrogens (tertiary/aromatic N) is 3. The Morgan fingerprint density at radius 2 is 1.64 bits per heavy atom. The summed E-state index contributed by atoms with van der Waals surface area (Å²) in [6.07, 6.45) is -3.07. The molecule has 0 unspecified atom stereocenters. The van der Waals surface area contributed by atoms with E-state index < -0.39 is 11.7 Å². The van der Waals surface area contributed by atoms with Crippen LogP contribution in [0.3, 0.4) is 0 Å². The van der Waals surface area contributed by atoms with Crippen LogP contribution in [0, 0.1) is 0 Å². The average molecular weight is 345 g/mol. The molecule has 0 amide bonds. The Kier molecular flexibility index (Phi) is 4.78. The Labute approximate surface area is 141 Å². The fourth-order valence-electron chi connectivity index (χ4n) is 2.19. The monoisotopic (exact) mass is 345 g/mol. The van der Waals surface area contributed by atoms with Gasteiger partial charge in [-0.2, -0.15) is 23.3 Å². The van der Waals surface area contributed by atoms with Gasteiger partial charge in [0.1, 0.15) is 0 Å². The highest BCUT2D eigenvalue weighted by Gasteiger charge is 2.33. The third-order valence-electron chi connectivity index (χ3n) is 3.35. The van der Waals surface area contributed by atoms with Crippen molar-refractivity contribution in [1.82, 2.24) is 15.2 Å². The molecule has 1 heterocycles. The van der Waals surface area contributed by atoms with Crippen molar-refractivity contribution in [2.45, 2.75) is 12.7 Å². The predicted molar refractivity (Wildman–Crippen MR) is 88.3 cm³/mol. The van der Waals surface area contributed by atoms with Gasteiger partial charge in [-0.3, -0.25) is 0 Å². The Morgan fingerprint density at radius 3 is 2.40 bits per heavy atom. The van der Waals surface area contributed by atoms with E-state index in [0.29, 0.717) is 12.4 Å². The molecule has 0 saturated carbocycles. The van der Waals surface area contributed by atoms with E-state index >= 15 is 0 Å². The molecule has 0 aliphatic heterocycles. The van der Waals surface area contributed by atoms with Gasteiger partial charge in [-0.25, -0.2) is 0 Å². The van der Waals surface area contributed by atoms with Crippen LogP contribution < -0.4 is 10.6 Å². The molecule has 2 N–H and O–H groups in total. The average Bonchev–Trinajstić information content (AvgIpc) is 2.61. The summed E-state index contributed by atoms with van der Waals surface area (Å²) in [5.74, 6) is 0.389. The number of rotatable bonds is 5. The van der Waals surface area contributed by atoms with E-state index in [1.807, 2.05) is 30.3 Å². The van der Waals surface area contributed by atoms with Gasteiger partial charge in [0, 0.05) is 6.54 Å². The minimum Gasteiger partial charge on any atom is -0.365 e. The van der Waals surface area contributed by atoms with E-state index in [-0.39, 0.29) is 11.6 Å². The molecular formula is C17H14F3N5. The smallest absolute Gasteiger partial charge is 0.365 e. The van der Waals surface area contributed by atoms with E-state index in [0.717, 1.165) is 11.6 Å². The molecule has 0 saturated heterocycles. The van der Waals surface area contributed by atoms with Crippen LogP contribution in [0.5, 0.6) is 0 Å². The Morgan fingerprint density at radius 1 is 0.920 bits per heavy atom. The summed E-state index contributed by atoms with van der Waals surface area (Å²) in [5.41, 5.74) is 0.122. The SMILES string of the molecule is FC(F)(F)c1ccccc1Nc1nncc(NCc2ccccc2)n1. The van der Waals surface area contributed by atoms with E-state index in [4.69, 9.17) is 0 Å². The van der Waals surface area contributed by atoms with Gasteiger partial charge in [-0.15, -0.1) is 5.10 Å². The normalized spacial score (nSPS) is 11.2. The molecule has 3 rings (SSSR count). The molecule has 25 heavy (non-hydrogen) atoms. The van der Waals surface area contributed by atoms with Crippen molar-refractivity contribution in [2.75, 3.05) is 10.6 Å². The highest BCUT2D eigenvalue weighted by molar-refractivity contribution is 5.59. The van der Waals surface area contributed by atoms with E-state index in [2.05, 4.69) is 25.8 Å². The van der Waals surface area contributed by atoms with Gasteiger partial charge in [0.2, 0.25) is 5.95 Å². The molecular weight excluding hydrogens is 331 g/mol. The second kappa shape index (κ2) is 7.16. The Balaban J connectivity index is 1.74. The maximum atomic E-state index is 13.0. The van der Waals surface area contributed by atoms with Crippen molar-refractivity contribution in [3.63, 3.8) is 0 Å².